The lowest BCUT2D eigenvalue weighted by Crippen LogP contribution is -2.24. The molecule has 29 heavy (non-hydrogen) atoms. The second kappa shape index (κ2) is 9.06. The third-order valence-electron chi connectivity index (χ3n) is 4.99. The summed E-state index contributed by atoms with van der Waals surface area (Å²) in [6, 6.07) is 11.4. The smallest absolute Gasteiger partial charge is 0.188 e. The first-order valence-corrected chi connectivity index (χ1v) is 11.2. The summed E-state index contributed by atoms with van der Waals surface area (Å²) >= 11 is 0. The van der Waals surface area contributed by atoms with Gasteiger partial charge in [0.1, 0.15) is 5.75 Å². The minimum absolute atomic E-state index is 0.0266. The highest BCUT2D eigenvalue weighted by Gasteiger charge is 2.26. The van der Waals surface area contributed by atoms with Crippen LogP contribution in [-0.4, -0.2) is 28.0 Å². The van der Waals surface area contributed by atoms with Gasteiger partial charge in [-0.3, -0.25) is 0 Å². The molecule has 0 aliphatic rings. The maximum atomic E-state index is 6.18. The highest BCUT2D eigenvalue weighted by Crippen LogP contribution is 2.38. The van der Waals surface area contributed by atoms with Crippen LogP contribution in [0.15, 0.2) is 30.3 Å². The number of rotatable bonds is 6. The summed E-state index contributed by atoms with van der Waals surface area (Å²) in [6.07, 6.45) is 0. The van der Waals surface area contributed by atoms with E-state index in [0.717, 1.165) is 5.75 Å². The number of methoxy groups -OCH3 is 1. The lowest BCUT2D eigenvalue weighted by Gasteiger charge is -2.29. The predicted octanol–water partition coefficient (Wildman–Crippen LogP) is 5.27. The maximum absolute atomic E-state index is 6.18. The predicted molar refractivity (Wildman–Crippen MR) is 129 cm³/mol. The molecule has 0 heterocycles. The first kappa shape index (κ1) is 23.7. The topological polar surface area (TPSA) is 21.7 Å². The Bertz CT molecular complexity index is 845. The lowest BCUT2D eigenvalue weighted by molar-refractivity contribution is 0.0506. The number of hydrogen-bond donors (Lipinski definition) is 0. The summed E-state index contributed by atoms with van der Waals surface area (Å²) in [5, 5.41) is 2.57. The summed E-state index contributed by atoms with van der Waals surface area (Å²) in [6.45, 7) is 16.0. The van der Waals surface area contributed by atoms with E-state index in [1.165, 1.54) is 33.0 Å². The molecule has 0 amide bonds. The molecule has 0 N–H and O–H groups in total. The number of aryl methyl sites for hydroxylation is 1. The molecular formula is C25H38NO2P. The van der Waals surface area contributed by atoms with E-state index in [1.54, 1.807) is 7.11 Å². The molecule has 3 nitrogen and oxygen atoms in total. The van der Waals surface area contributed by atoms with Gasteiger partial charge in [0.2, 0.25) is 0 Å². The van der Waals surface area contributed by atoms with E-state index in [1.807, 2.05) is 0 Å². The van der Waals surface area contributed by atoms with Gasteiger partial charge in [-0.2, -0.15) is 0 Å². The average molecular weight is 416 g/mol. The van der Waals surface area contributed by atoms with Crippen LogP contribution in [0, 0.1) is 6.92 Å². The van der Waals surface area contributed by atoms with Crippen LogP contribution >= 0.6 is 8.58 Å². The van der Waals surface area contributed by atoms with E-state index in [0.29, 0.717) is 8.58 Å². The van der Waals surface area contributed by atoms with Gasteiger partial charge < -0.3 is 14.4 Å². The molecule has 0 aliphatic carbocycles. The molecule has 4 heteroatoms. The number of hydrogen-bond acceptors (Lipinski definition) is 3. The van der Waals surface area contributed by atoms with Gasteiger partial charge in [0, 0.05) is 43.1 Å². The van der Waals surface area contributed by atoms with Crippen LogP contribution in [0.25, 0.3) is 0 Å². The number of benzene rings is 2. The van der Waals surface area contributed by atoms with Crippen molar-refractivity contribution >= 4 is 24.9 Å². The Labute approximate surface area is 179 Å². The van der Waals surface area contributed by atoms with E-state index in [4.69, 9.17) is 9.47 Å². The van der Waals surface area contributed by atoms with Gasteiger partial charge in [-0.1, -0.05) is 68.3 Å². The molecule has 1 atom stereocenters. The van der Waals surface area contributed by atoms with Crippen molar-refractivity contribution in [1.82, 2.24) is 0 Å². The van der Waals surface area contributed by atoms with E-state index in [2.05, 4.69) is 97.8 Å². The quantitative estimate of drug-likeness (QED) is 0.474. The number of anilines is 1. The molecule has 0 aliphatic heterocycles. The van der Waals surface area contributed by atoms with Gasteiger partial charge in [0.05, 0.1) is 0 Å². The molecule has 2 aromatic carbocycles. The third kappa shape index (κ3) is 5.96. The van der Waals surface area contributed by atoms with Crippen LogP contribution in [0.2, 0.25) is 0 Å². The van der Waals surface area contributed by atoms with Gasteiger partial charge in [0.15, 0.2) is 6.79 Å². The van der Waals surface area contributed by atoms with Gasteiger partial charge in [-0.05, 0) is 41.0 Å². The largest absolute Gasteiger partial charge is 0.467 e. The van der Waals surface area contributed by atoms with Crippen molar-refractivity contribution in [3.8, 4) is 5.75 Å². The van der Waals surface area contributed by atoms with Crippen LogP contribution in [0.4, 0.5) is 5.69 Å². The zero-order valence-corrected chi connectivity index (χ0v) is 20.9. The van der Waals surface area contributed by atoms with Crippen molar-refractivity contribution in [2.24, 2.45) is 0 Å². The van der Waals surface area contributed by atoms with Gasteiger partial charge >= 0.3 is 0 Å². The minimum Gasteiger partial charge on any atom is -0.467 e. The second-order valence-electron chi connectivity index (χ2n) is 9.99. The van der Waals surface area contributed by atoms with Crippen molar-refractivity contribution in [2.75, 3.05) is 32.9 Å². The number of ether oxygens (including phenoxy) is 2. The third-order valence-corrected chi connectivity index (χ3v) is 6.32. The highest BCUT2D eigenvalue weighted by atomic mass is 31.1. The van der Waals surface area contributed by atoms with Gasteiger partial charge in [-0.25, -0.2) is 0 Å². The van der Waals surface area contributed by atoms with Crippen LogP contribution in [-0.2, 0) is 15.6 Å². The Kier molecular flexibility index (Phi) is 7.41. The fourth-order valence-corrected chi connectivity index (χ4v) is 4.68. The molecule has 0 saturated heterocycles. The fourth-order valence-electron chi connectivity index (χ4n) is 3.25. The molecule has 0 radical (unpaired) electrons. The Morgan fingerprint density at radius 3 is 2.07 bits per heavy atom. The van der Waals surface area contributed by atoms with Crippen LogP contribution in [0.5, 0.6) is 5.75 Å². The average Bonchev–Trinajstić information content (AvgIpc) is 2.59. The Hall–Kier alpha value is -1.57. The van der Waals surface area contributed by atoms with Crippen LogP contribution in [0.1, 0.15) is 58.2 Å². The zero-order valence-electron chi connectivity index (χ0n) is 19.9. The van der Waals surface area contributed by atoms with E-state index in [9.17, 15) is 0 Å². The summed E-state index contributed by atoms with van der Waals surface area (Å²) < 4.78 is 11.4. The molecule has 0 fully saturated rings. The lowest BCUT2D eigenvalue weighted by atomic mass is 9.80. The first-order valence-electron chi connectivity index (χ1n) is 10.2. The summed E-state index contributed by atoms with van der Waals surface area (Å²) in [5.41, 5.74) is 5.16. The van der Waals surface area contributed by atoms with Crippen LogP contribution in [0.3, 0.4) is 0 Å². The standard InChI is InChI=1S/C25H38NO2P/c1-17-11-12-21(20(13-17)26(8)9)29-22-15-18(24(2,3)4)14-19(25(5,6)7)23(22)28-16-27-10/h11-15,29H,16H2,1-10H3. The molecule has 1 unspecified atom stereocenters. The van der Waals surface area contributed by atoms with E-state index < -0.39 is 0 Å². The Morgan fingerprint density at radius 1 is 0.897 bits per heavy atom. The molecule has 160 valence electrons. The first-order chi connectivity index (χ1) is 13.3. The summed E-state index contributed by atoms with van der Waals surface area (Å²) in [4.78, 5) is 2.20. The zero-order chi connectivity index (χ0) is 22.0. The van der Waals surface area contributed by atoms with E-state index >= 15 is 0 Å². The summed E-state index contributed by atoms with van der Waals surface area (Å²) in [5.74, 6) is 0.968. The van der Waals surface area contributed by atoms with Crippen molar-refractivity contribution in [2.45, 2.75) is 59.3 Å². The molecule has 0 aromatic heterocycles. The highest BCUT2D eigenvalue weighted by molar-refractivity contribution is 7.56. The molecule has 2 aromatic rings. The second-order valence-corrected chi connectivity index (χ2v) is 11.3. The molecule has 0 spiro atoms. The van der Waals surface area contributed by atoms with Crippen molar-refractivity contribution in [1.29, 1.82) is 0 Å². The molecule has 2 rings (SSSR count). The van der Waals surface area contributed by atoms with Crippen molar-refractivity contribution in [3.05, 3.63) is 47.0 Å². The van der Waals surface area contributed by atoms with Crippen LogP contribution < -0.4 is 20.2 Å². The van der Waals surface area contributed by atoms with E-state index in [-0.39, 0.29) is 17.6 Å². The van der Waals surface area contributed by atoms with Gasteiger partial charge in [-0.15, -0.1) is 0 Å². The Morgan fingerprint density at radius 2 is 1.55 bits per heavy atom. The van der Waals surface area contributed by atoms with Crippen molar-refractivity contribution in [3.63, 3.8) is 0 Å². The summed E-state index contributed by atoms with van der Waals surface area (Å²) in [7, 11) is 6.39. The van der Waals surface area contributed by atoms with Gasteiger partial charge in [0.25, 0.3) is 0 Å². The minimum atomic E-state index is -0.0266. The maximum Gasteiger partial charge on any atom is 0.188 e. The fraction of sp³-hybridized carbons (Fsp3) is 0.520. The monoisotopic (exact) mass is 415 g/mol. The molecule has 0 saturated carbocycles. The molecule has 0 bridgehead atoms. The van der Waals surface area contributed by atoms with Crippen molar-refractivity contribution < 1.29 is 9.47 Å². The normalized spacial score (nSPS) is 12.6. The number of nitrogens with zero attached hydrogens (tertiary/aromatic N) is 1. The molecular weight excluding hydrogens is 377 g/mol. The SMILES string of the molecule is COCOc1c(Pc2ccc(C)cc2N(C)C)cc(C(C)(C)C)cc1C(C)(C)C. The Balaban J connectivity index is 2.71.